The van der Waals surface area contributed by atoms with E-state index in [4.69, 9.17) is 5.26 Å². The minimum atomic E-state index is -0.635. The van der Waals surface area contributed by atoms with Crippen LogP contribution >= 0.6 is 0 Å². The summed E-state index contributed by atoms with van der Waals surface area (Å²) in [6, 6.07) is 4.53. The molecule has 2 N–H and O–H groups in total. The van der Waals surface area contributed by atoms with Crippen molar-refractivity contribution in [2.45, 2.75) is 26.3 Å². The van der Waals surface area contributed by atoms with Gasteiger partial charge in [-0.1, -0.05) is 13.8 Å². The van der Waals surface area contributed by atoms with Gasteiger partial charge in [-0.25, -0.2) is 0 Å². The van der Waals surface area contributed by atoms with Gasteiger partial charge in [-0.15, -0.1) is 0 Å². The van der Waals surface area contributed by atoms with Crippen molar-refractivity contribution >= 4 is 5.69 Å². The Hall–Kier alpha value is -2.17. The predicted molar refractivity (Wildman–Crippen MR) is 86.1 cm³/mol. The summed E-state index contributed by atoms with van der Waals surface area (Å²) < 4.78 is 0. The summed E-state index contributed by atoms with van der Waals surface area (Å²) in [6.45, 7) is 7.46. The number of nitrogens with zero attached hydrogens (tertiary/aromatic N) is 3. The number of phenolic OH excluding ortho intramolecular Hbond substituents is 1. The van der Waals surface area contributed by atoms with Crippen molar-refractivity contribution in [3.8, 4) is 11.8 Å². The first-order valence-electron chi connectivity index (χ1n) is 7.80. The summed E-state index contributed by atoms with van der Waals surface area (Å²) in [5.74, 6) is 0.0391. The second kappa shape index (κ2) is 7.40. The summed E-state index contributed by atoms with van der Waals surface area (Å²) >= 11 is 0. The zero-order valence-electron chi connectivity index (χ0n) is 13.5. The number of nitriles is 1. The van der Waals surface area contributed by atoms with E-state index in [1.807, 2.05) is 6.07 Å². The highest BCUT2D eigenvalue weighted by molar-refractivity contribution is 5.57. The van der Waals surface area contributed by atoms with Gasteiger partial charge in [0.15, 0.2) is 5.75 Å². The third kappa shape index (κ3) is 3.97. The lowest BCUT2D eigenvalue weighted by atomic mass is 9.92. The first kappa shape index (κ1) is 17.2. The number of piperazine rings is 1. The van der Waals surface area contributed by atoms with Crippen molar-refractivity contribution in [2.75, 3.05) is 26.2 Å². The second-order valence-corrected chi connectivity index (χ2v) is 6.23. The van der Waals surface area contributed by atoms with Gasteiger partial charge in [0.05, 0.1) is 16.6 Å². The highest BCUT2D eigenvalue weighted by Gasteiger charge is 2.29. The van der Waals surface area contributed by atoms with Crippen molar-refractivity contribution in [3.05, 3.63) is 33.4 Å². The molecule has 7 heteroatoms. The lowest BCUT2D eigenvalue weighted by molar-refractivity contribution is -0.386. The second-order valence-electron chi connectivity index (χ2n) is 6.23. The van der Waals surface area contributed by atoms with Crippen LogP contribution in [0.25, 0.3) is 0 Å². The molecule has 1 aliphatic rings. The number of hydrogen-bond acceptors (Lipinski definition) is 6. The lowest BCUT2D eigenvalue weighted by Gasteiger charge is -2.36. The van der Waals surface area contributed by atoms with Crippen LogP contribution in [-0.4, -0.2) is 41.1 Å². The van der Waals surface area contributed by atoms with Gasteiger partial charge in [0.1, 0.15) is 0 Å². The van der Waals surface area contributed by atoms with Crippen molar-refractivity contribution in [3.63, 3.8) is 0 Å². The molecular weight excluding hydrogens is 296 g/mol. The Kier molecular flexibility index (Phi) is 5.53. The molecule has 1 saturated heterocycles. The third-order valence-corrected chi connectivity index (χ3v) is 4.09. The van der Waals surface area contributed by atoms with Crippen LogP contribution in [0.5, 0.6) is 5.75 Å². The summed E-state index contributed by atoms with van der Waals surface area (Å²) in [6.07, 6.45) is 0.763. The molecule has 0 unspecified atom stereocenters. The Labute approximate surface area is 135 Å². The summed E-state index contributed by atoms with van der Waals surface area (Å²) in [4.78, 5) is 12.8. The number of nitro groups is 1. The number of benzene rings is 1. The summed E-state index contributed by atoms with van der Waals surface area (Å²) in [5, 5.41) is 34.0. The molecule has 1 fully saturated rings. The van der Waals surface area contributed by atoms with Crippen LogP contribution in [-0.2, 0) is 0 Å². The Balaban J connectivity index is 2.50. The van der Waals surface area contributed by atoms with E-state index >= 15 is 0 Å². The standard InChI is InChI=1S/C16H22N4O3/c1-11(2)7-14(19-5-3-18-4-6-19)13-8-12(10-17)9-15(16(13)21)20(22)23/h8-9,11,14,18,21H,3-7H2,1-2H3/t14-/m1/s1. The quantitative estimate of drug-likeness (QED) is 0.637. The number of phenols is 1. The molecule has 1 aliphatic heterocycles. The number of nitrogens with one attached hydrogen (secondary N) is 1. The summed E-state index contributed by atoms with van der Waals surface area (Å²) in [7, 11) is 0. The van der Waals surface area contributed by atoms with Crippen molar-refractivity contribution in [1.29, 1.82) is 5.26 Å². The van der Waals surface area contributed by atoms with Crippen molar-refractivity contribution in [2.24, 2.45) is 5.92 Å². The van der Waals surface area contributed by atoms with E-state index in [2.05, 4.69) is 24.1 Å². The monoisotopic (exact) mass is 318 g/mol. The molecule has 1 heterocycles. The maximum absolute atomic E-state index is 11.2. The minimum absolute atomic E-state index is 0.135. The highest BCUT2D eigenvalue weighted by Crippen LogP contribution is 2.39. The molecule has 1 aromatic rings. The highest BCUT2D eigenvalue weighted by atomic mass is 16.6. The van der Waals surface area contributed by atoms with Crippen LogP contribution in [0.2, 0.25) is 0 Å². The van der Waals surface area contributed by atoms with Crippen LogP contribution in [0.1, 0.15) is 37.4 Å². The Morgan fingerprint density at radius 3 is 2.61 bits per heavy atom. The van der Waals surface area contributed by atoms with Gasteiger partial charge in [0.2, 0.25) is 0 Å². The molecule has 23 heavy (non-hydrogen) atoms. The Morgan fingerprint density at radius 1 is 1.43 bits per heavy atom. The van der Waals surface area contributed by atoms with Crippen molar-refractivity contribution in [1.82, 2.24) is 10.2 Å². The van der Waals surface area contributed by atoms with E-state index < -0.39 is 10.6 Å². The first-order chi connectivity index (χ1) is 10.9. The van der Waals surface area contributed by atoms with Crippen LogP contribution in [0.4, 0.5) is 5.69 Å². The smallest absolute Gasteiger partial charge is 0.312 e. The zero-order valence-corrected chi connectivity index (χ0v) is 13.5. The molecular formula is C16H22N4O3. The molecule has 0 bridgehead atoms. The number of nitro benzene ring substituents is 1. The molecule has 2 rings (SSSR count). The van der Waals surface area contributed by atoms with Crippen molar-refractivity contribution < 1.29 is 10.0 Å². The molecule has 124 valence electrons. The topological polar surface area (TPSA) is 102 Å². The van der Waals surface area contributed by atoms with E-state index in [1.165, 1.54) is 0 Å². The first-order valence-corrected chi connectivity index (χ1v) is 7.80. The van der Waals surface area contributed by atoms with E-state index in [-0.39, 0.29) is 17.4 Å². The van der Waals surface area contributed by atoms with Gasteiger partial charge in [0.25, 0.3) is 0 Å². The number of hydrogen-bond donors (Lipinski definition) is 2. The number of aromatic hydroxyl groups is 1. The molecule has 0 aliphatic carbocycles. The molecule has 0 radical (unpaired) electrons. The largest absolute Gasteiger partial charge is 0.502 e. The fraction of sp³-hybridized carbons (Fsp3) is 0.562. The Bertz CT molecular complexity index is 618. The zero-order chi connectivity index (χ0) is 17.0. The fourth-order valence-electron chi connectivity index (χ4n) is 3.01. The molecule has 0 saturated carbocycles. The third-order valence-electron chi connectivity index (χ3n) is 4.09. The predicted octanol–water partition coefficient (Wildman–Crippen LogP) is 2.16. The maximum atomic E-state index is 11.2. The average Bonchev–Trinajstić information content (AvgIpc) is 2.53. The van der Waals surface area contributed by atoms with E-state index in [9.17, 15) is 15.2 Å². The van der Waals surface area contributed by atoms with Gasteiger partial charge in [0, 0.05) is 43.9 Å². The fourth-order valence-corrected chi connectivity index (χ4v) is 3.01. The van der Waals surface area contributed by atoms with E-state index in [0.717, 1.165) is 38.7 Å². The molecule has 0 aromatic heterocycles. The van der Waals surface area contributed by atoms with Gasteiger partial charge >= 0.3 is 5.69 Å². The molecule has 1 aromatic carbocycles. The number of rotatable bonds is 5. The van der Waals surface area contributed by atoms with E-state index in [1.54, 1.807) is 6.07 Å². The van der Waals surface area contributed by atoms with Gasteiger partial charge in [-0.05, 0) is 18.4 Å². The molecule has 1 atom stereocenters. The van der Waals surface area contributed by atoms with Crippen LogP contribution < -0.4 is 5.32 Å². The Morgan fingerprint density at radius 2 is 2.09 bits per heavy atom. The van der Waals surface area contributed by atoms with Crippen LogP contribution in [0.15, 0.2) is 12.1 Å². The van der Waals surface area contributed by atoms with Gasteiger partial charge < -0.3 is 10.4 Å². The minimum Gasteiger partial charge on any atom is -0.502 e. The molecule has 7 nitrogen and oxygen atoms in total. The van der Waals surface area contributed by atoms with E-state index in [0.29, 0.717) is 11.5 Å². The maximum Gasteiger partial charge on any atom is 0.312 e. The normalized spacial score (nSPS) is 17.0. The summed E-state index contributed by atoms with van der Waals surface area (Å²) in [5.41, 5.74) is 0.280. The van der Waals surface area contributed by atoms with Crippen LogP contribution in [0, 0.1) is 27.4 Å². The molecule has 0 amide bonds. The van der Waals surface area contributed by atoms with Gasteiger partial charge in [-0.2, -0.15) is 5.26 Å². The SMILES string of the molecule is CC(C)C[C@H](c1cc(C#N)cc([N+](=O)[O-])c1O)N1CCNCC1. The van der Waals surface area contributed by atoms with Gasteiger partial charge in [-0.3, -0.25) is 15.0 Å². The average molecular weight is 318 g/mol. The lowest BCUT2D eigenvalue weighted by Crippen LogP contribution is -2.45. The molecule has 0 spiro atoms. The van der Waals surface area contributed by atoms with Crippen LogP contribution in [0.3, 0.4) is 0 Å².